The maximum Gasteiger partial charge on any atom is 0.410 e. The van der Waals surface area contributed by atoms with Crippen molar-refractivity contribution in [2.45, 2.75) is 12.5 Å². The van der Waals surface area contributed by atoms with E-state index in [1.54, 1.807) is 24.3 Å². The topological polar surface area (TPSA) is 53.3 Å². The van der Waals surface area contributed by atoms with E-state index in [0.29, 0.717) is 0 Å². The minimum atomic E-state index is -3.17. The first-order valence-electron chi connectivity index (χ1n) is 5.76. The number of amides is 1. The van der Waals surface area contributed by atoms with E-state index in [1.165, 1.54) is 6.07 Å². The summed E-state index contributed by atoms with van der Waals surface area (Å²) in [5.41, 5.74) is 0.777. The molecule has 2 rings (SSSR count). The zero-order chi connectivity index (χ0) is 13.9. The predicted molar refractivity (Wildman–Crippen MR) is 62.3 cm³/mol. The largest absolute Gasteiger partial charge is 0.445 e. The van der Waals surface area contributed by atoms with Gasteiger partial charge in [0.1, 0.15) is 12.5 Å². The standard InChI is InChI=1S/C13H12F2N2O2/c14-13(15)9-17(7-11(13)6-16)12(18)19-8-10-4-2-1-3-5-10/h1-5,11H,7-9H2. The summed E-state index contributed by atoms with van der Waals surface area (Å²) in [6, 6.07) is 10.5. The Morgan fingerprint density at radius 2 is 2.16 bits per heavy atom. The van der Waals surface area contributed by atoms with Crippen molar-refractivity contribution in [1.82, 2.24) is 4.90 Å². The Kier molecular flexibility index (Phi) is 3.65. The van der Waals surface area contributed by atoms with Gasteiger partial charge in [-0.25, -0.2) is 13.6 Å². The smallest absolute Gasteiger partial charge is 0.410 e. The third kappa shape index (κ3) is 2.99. The van der Waals surface area contributed by atoms with Crippen LogP contribution >= 0.6 is 0 Å². The molecule has 1 unspecified atom stereocenters. The zero-order valence-corrected chi connectivity index (χ0v) is 10.1. The van der Waals surface area contributed by atoms with Gasteiger partial charge in [-0.3, -0.25) is 0 Å². The second-order valence-corrected chi connectivity index (χ2v) is 4.36. The normalized spacial score (nSPS) is 20.9. The van der Waals surface area contributed by atoms with Gasteiger partial charge in [-0.1, -0.05) is 30.3 Å². The molecule has 0 aromatic heterocycles. The van der Waals surface area contributed by atoms with Crippen LogP contribution in [0.15, 0.2) is 30.3 Å². The summed E-state index contributed by atoms with van der Waals surface area (Å²) in [5, 5.41) is 8.60. The lowest BCUT2D eigenvalue weighted by Gasteiger charge is -2.15. The summed E-state index contributed by atoms with van der Waals surface area (Å²) in [6.07, 6.45) is -0.818. The molecule has 4 nitrogen and oxygen atoms in total. The molecule has 0 N–H and O–H groups in total. The highest BCUT2D eigenvalue weighted by Gasteiger charge is 2.50. The van der Waals surface area contributed by atoms with Crippen LogP contribution in [-0.2, 0) is 11.3 Å². The molecule has 19 heavy (non-hydrogen) atoms. The summed E-state index contributed by atoms with van der Waals surface area (Å²) in [6.45, 7) is -1.03. The molecular formula is C13H12F2N2O2. The van der Waals surface area contributed by atoms with Gasteiger partial charge in [0.2, 0.25) is 0 Å². The van der Waals surface area contributed by atoms with Gasteiger partial charge in [0, 0.05) is 6.54 Å². The van der Waals surface area contributed by atoms with Crippen molar-refractivity contribution in [2.24, 2.45) is 5.92 Å². The quantitative estimate of drug-likeness (QED) is 0.826. The zero-order valence-electron chi connectivity index (χ0n) is 10.1. The van der Waals surface area contributed by atoms with Gasteiger partial charge in [-0.2, -0.15) is 5.26 Å². The fourth-order valence-corrected chi connectivity index (χ4v) is 1.87. The fraction of sp³-hybridized carbons (Fsp3) is 0.385. The van der Waals surface area contributed by atoms with Gasteiger partial charge in [0.15, 0.2) is 0 Å². The van der Waals surface area contributed by atoms with Crippen molar-refractivity contribution in [1.29, 1.82) is 5.26 Å². The van der Waals surface area contributed by atoms with E-state index in [9.17, 15) is 13.6 Å². The Balaban J connectivity index is 1.90. The molecule has 1 fully saturated rings. The van der Waals surface area contributed by atoms with Crippen molar-refractivity contribution in [3.63, 3.8) is 0 Å². The maximum atomic E-state index is 13.3. The van der Waals surface area contributed by atoms with Crippen LogP contribution < -0.4 is 0 Å². The van der Waals surface area contributed by atoms with Crippen LogP contribution in [0.3, 0.4) is 0 Å². The van der Waals surface area contributed by atoms with Crippen molar-refractivity contribution in [3.05, 3.63) is 35.9 Å². The van der Waals surface area contributed by atoms with Crippen LogP contribution in [0.1, 0.15) is 5.56 Å². The lowest BCUT2D eigenvalue weighted by Crippen LogP contribution is -2.31. The molecular weight excluding hydrogens is 254 g/mol. The third-order valence-electron chi connectivity index (χ3n) is 2.93. The molecule has 1 atom stereocenters. The second kappa shape index (κ2) is 5.22. The number of carbonyl (C=O) groups excluding carboxylic acids is 1. The summed E-state index contributed by atoms with van der Waals surface area (Å²) in [5.74, 6) is -4.63. The molecule has 1 aromatic carbocycles. The SMILES string of the molecule is N#CC1CN(C(=O)OCc2ccccc2)CC1(F)F. The Bertz CT molecular complexity index is 499. The molecule has 1 saturated heterocycles. The summed E-state index contributed by atoms with van der Waals surface area (Å²) in [4.78, 5) is 12.5. The number of nitriles is 1. The third-order valence-corrected chi connectivity index (χ3v) is 2.93. The van der Waals surface area contributed by atoms with E-state index in [2.05, 4.69) is 0 Å². The molecule has 100 valence electrons. The van der Waals surface area contributed by atoms with Crippen LogP contribution in [0.2, 0.25) is 0 Å². The highest BCUT2D eigenvalue weighted by atomic mass is 19.3. The van der Waals surface area contributed by atoms with Crippen LogP contribution in [0.25, 0.3) is 0 Å². The van der Waals surface area contributed by atoms with Gasteiger partial charge < -0.3 is 9.64 Å². The molecule has 0 bridgehead atoms. The van der Waals surface area contributed by atoms with Crippen LogP contribution in [0.4, 0.5) is 13.6 Å². The van der Waals surface area contributed by atoms with Gasteiger partial charge in [0.05, 0.1) is 12.6 Å². The van der Waals surface area contributed by atoms with E-state index in [-0.39, 0.29) is 13.2 Å². The van der Waals surface area contributed by atoms with E-state index < -0.39 is 24.5 Å². The van der Waals surface area contributed by atoms with Gasteiger partial charge in [-0.05, 0) is 5.56 Å². The van der Waals surface area contributed by atoms with Gasteiger partial charge in [-0.15, -0.1) is 0 Å². The Hall–Kier alpha value is -2.16. The molecule has 0 radical (unpaired) electrons. The highest BCUT2D eigenvalue weighted by Crippen LogP contribution is 2.32. The molecule has 1 heterocycles. The van der Waals surface area contributed by atoms with E-state index >= 15 is 0 Å². The molecule has 1 aromatic rings. The summed E-state index contributed by atoms with van der Waals surface area (Å²) < 4.78 is 31.6. The molecule has 1 aliphatic heterocycles. The predicted octanol–water partition coefficient (Wildman–Crippen LogP) is 2.41. The number of hydrogen-bond acceptors (Lipinski definition) is 3. The van der Waals surface area contributed by atoms with Crippen molar-refractivity contribution in [2.75, 3.05) is 13.1 Å². The summed E-state index contributed by atoms with van der Waals surface area (Å²) >= 11 is 0. The van der Waals surface area contributed by atoms with Crippen molar-refractivity contribution >= 4 is 6.09 Å². The van der Waals surface area contributed by atoms with Crippen molar-refractivity contribution < 1.29 is 18.3 Å². The minimum Gasteiger partial charge on any atom is -0.445 e. The van der Waals surface area contributed by atoms with Crippen LogP contribution in [0.5, 0.6) is 0 Å². The lowest BCUT2D eigenvalue weighted by atomic mass is 10.1. The number of likely N-dealkylation sites (tertiary alicyclic amines) is 1. The lowest BCUT2D eigenvalue weighted by molar-refractivity contribution is -0.0106. The molecule has 0 aliphatic carbocycles. The first-order chi connectivity index (χ1) is 9.03. The van der Waals surface area contributed by atoms with Crippen LogP contribution in [0, 0.1) is 17.2 Å². The minimum absolute atomic E-state index is 0.0268. The number of carbonyl (C=O) groups is 1. The van der Waals surface area contributed by atoms with Gasteiger partial charge >= 0.3 is 6.09 Å². The number of hydrogen-bond donors (Lipinski definition) is 0. The van der Waals surface area contributed by atoms with E-state index in [4.69, 9.17) is 10.00 Å². The van der Waals surface area contributed by atoms with E-state index in [1.807, 2.05) is 6.07 Å². The monoisotopic (exact) mass is 266 g/mol. The average Bonchev–Trinajstić information content (AvgIpc) is 2.72. The molecule has 0 saturated carbocycles. The molecule has 0 spiro atoms. The van der Waals surface area contributed by atoms with Gasteiger partial charge in [0.25, 0.3) is 5.92 Å². The van der Waals surface area contributed by atoms with Crippen molar-refractivity contribution in [3.8, 4) is 6.07 Å². The first-order valence-corrected chi connectivity index (χ1v) is 5.76. The molecule has 6 heteroatoms. The number of halogens is 2. The van der Waals surface area contributed by atoms with Crippen LogP contribution in [-0.4, -0.2) is 30.0 Å². The highest BCUT2D eigenvalue weighted by molar-refractivity contribution is 5.68. The maximum absolute atomic E-state index is 13.3. The van der Waals surface area contributed by atoms with E-state index in [0.717, 1.165) is 10.5 Å². The number of benzene rings is 1. The number of alkyl halides is 2. The Labute approximate surface area is 109 Å². The summed E-state index contributed by atoms with van der Waals surface area (Å²) in [7, 11) is 0. The number of rotatable bonds is 2. The molecule has 1 amide bonds. The second-order valence-electron chi connectivity index (χ2n) is 4.36. The number of nitrogens with zero attached hydrogens (tertiary/aromatic N) is 2. The fourth-order valence-electron chi connectivity index (χ4n) is 1.87. The first kappa shape index (κ1) is 13.3. The Morgan fingerprint density at radius 3 is 2.74 bits per heavy atom. The molecule has 1 aliphatic rings. The average molecular weight is 266 g/mol. The Morgan fingerprint density at radius 1 is 1.47 bits per heavy atom. The number of ether oxygens (including phenoxy) is 1.